The van der Waals surface area contributed by atoms with E-state index in [9.17, 15) is 0 Å². The molecule has 88 valence electrons. The van der Waals surface area contributed by atoms with E-state index >= 15 is 0 Å². The van der Waals surface area contributed by atoms with Gasteiger partial charge in [0, 0.05) is 16.6 Å². The fourth-order valence-corrected chi connectivity index (χ4v) is 2.15. The monoisotopic (exact) mass is 264 g/mol. The predicted molar refractivity (Wildman–Crippen MR) is 74.3 cm³/mol. The van der Waals surface area contributed by atoms with Gasteiger partial charge in [-0.1, -0.05) is 12.2 Å². The third-order valence-electron chi connectivity index (χ3n) is 2.32. The van der Waals surface area contributed by atoms with Gasteiger partial charge in [0.05, 0.1) is 17.7 Å². The zero-order valence-electron chi connectivity index (χ0n) is 9.30. The minimum absolute atomic E-state index is 0.363. The average molecular weight is 264 g/mol. The Hall–Kier alpha value is -1.53. The van der Waals surface area contributed by atoms with Crippen molar-refractivity contribution < 1.29 is 0 Å². The molecule has 2 heterocycles. The first kappa shape index (κ1) is 11.9. The molecule has 6 heteroatoms. The van der Waals surface area contributed by atoms with E-state index in [-0.39, 0.29) is 0 Å². The van der Waals surface area contributed by atoms with Crippen molar-refractivity contribution in [2.45, 2.75) is 13.5 Å². The molecular formula is C11H12N4S2. The van der Waals surface area contributed by atoms with Crippen LogP contribution in [0.1, 0.15) is 16.1 Å². The Morgan fingerprint density at radius 3 is 2.82 bits per heavy atom. The van der Waals surface area contributed by atoms with Crippen molar-refractivity contribution in [1.29, 1.82) is 0 Å². The van der Waals surface area contributed by atoms with Gasteiger partial charge in [-0.3, -0.25) is 0 Å². The van der Waals surface area contributed by atoms with E-state index in [1.165, 1.54) is 4.88 Å². The molecule has 0 spiro atoms. The van der Waals surface area contributed by atoms with E-state index in [0.29, 0.717) is 4.99 Å². The van der Waals surface area contributed by atoms with E-state index < -0.39 is 0 Å². The topological polar surface area (TPSA) is 63.8 Å². The zero-order valence-corrected chi connectivity index (χ0v) is 10.9. The highest BCUT2D eigenvalue weighted by Gasteiger charge is 2.02. The number of nitrogens with zero attached hydrogens (tertiary/aromatic N) is 2. The standard InChI is InChI=1S/C11H12N4S2/c1-7-9(17-6-15-7)5-14-10-3-2-8(4-13-10)11(12)16/h2-4,6H,5H2,1H3,(H2,12,16)(H,13,14). The van der Waals surface area contributed by atoms with Crippen molar-refractivity contribution in [2.75, 3.05) is 5.32 Å². The van der Waals surface area contributed by atoms with E-state index in [1.807, 2.05) is 24.6 Å². The number of aryl methyl sites for hydroxylation is 1. The second kappa shape index (κ2) is 5.20. The molecule has 0 saturated carbocycles. The van der Waals surface area contributed by atoms with Crippen LogP contribution in [0.4, 0.5) is 5.82 Å². The second-order valence-electron chi connectivity index (χ2n) is 3.51. The highest BCUT2D eigenvalue weighted by Crippen LogP contribution is 2.14. The predicted octanol–water partition coefficient (Wildman–Crippen LogP) is 2.09. The van der Waals surface area contributed by atoms with Crippen LogP contribution in [-0.4, -0.2) is 15.0 Å². The molecule has 0 atom stereocenters. The third-order valence-corrected chi connectivity index (χ3v) is 3.49. The Morgan fingerprint density at radius 1 is 1.47 bits per heavy atom. The van der Waals surface area contributed by atoms with Gasteiger partial charge in [0.15, 0.2) is 0 Å². The first-order valence-corrected chi connectivity index (χ1v) is 6.34. The molecule has 0 bridgehead atoms. The molecule has 4 nitrogen and oxygen atoms in total. The number of nitrogens with one attached hydrogen (secondary N) is 1. The molecule has 0 aliphatic heterocycles. The Balaban J connectivity index is 2.00. The summed E-state index contributed by atoms with van der Waals surface area (Å²) >= 11 is 6.50. The lowest BCUT2D eigenvalue weighted by Crippen LogP contribution is -2.10. The quantitative estimate of drug-likeness (QED) is 0.828. The summed E-state index contributed by atoms with van der Waals surface area (Å²) in [6.45, 7) is 2.73. The number of anilines is 1. The maximum absolute atomic E-state index is 5.50. The molecule has 0 aliphatic carbocycles. The van der Waals surface area contributed by atoms with Gasteiger partial charge in [0.1, 0.15) is 10.8 Å². The van der Waals surface area contributed by atoms with Crippen LogP contribution in [0.2, 0.25) is 0 Å². The van der Waals surface area contributed by atoms with Gasteiger partial charge in [-0.05, 0) is 19.1 Å². The Kier molecular flexibility index (Phi) is 3.65. The first-order valence-electron chi connectivity index (χ1n) is 5.05. The first-order chi connectivity index (χ1) is 8.16. The van der Waals surface area contributed by atoms with Crippen molar-refractivity contribution >= 4 is 34.4 Å². The molecule has 2 aromatic rings. The van der Waals surface area contributed by atoms with Crippen LogP contribution in [0.3, 0.4) is 0 Å². The number of nitrogens with two attached hydrogens (primary N) is 1. The smallest absolute Gasteiger partial charge is 0.126 e. The van der Waals surface area contributed by atoms with Gasteiger partial charge in [0.2, 0.25) is 0 Å². The summed E-state index contributed by atoms with van der Waals surface area (Å²) in [6, 6.07) is 3.72. The van der Waals surface area contributed by atoms with Gasteiger partial charge in [-0.15, -0.1) is 11.3 Å². The number of thiocarbonyl (C=S) groups is 1. The number of pyridine rings is 1. The maximum atomic E-state index is 5.50. The molecule has 0 saturated heterocycles. The van der Waals surface area contributed by atoms with Crippen molar-refractivity contribution in [2.24, 2.45) is 5.73 Å². The summed E-state index contributed by atoms with van der Waals surface area (Å²) in [5.41, 5.74) is 9.18. The summed E-state index contributed by atoms with van der Waals surface area (Å²) < 4.78 is 0. The van der Waals surface area contributed by atoms with Crippen LogP contribution in [-0.2, 0) is 6.54 Å². The Morgan fingerprint density at radius 2 is 2.29 bits per heavy atom. The van der Waals surface area contributed by atoms with Crippen molar-refractivity contribution in [3.05, 3.63) is 40.0 Å². The molecule has 0 fully saturated rings. The molecule has 2 rings (SSSR count). The van der Waals surface area contributed by atoms with E-state index in [2.05, 4.69) is 15.3 Å². The largest absolute Gasteiger partial charge is 0.389 e. The summed E-state index contributed by atoms with van der Waals surface area (Å²) in [5.74, 6) is 0.804. The van der Waals surface area contributed by atoms with Crippen LogP contribution in [0.25, 0.3) is 0 Å². The van der Waals surface area contributed by atoms with Gasteiger partial charge in [-0.2, -0.15) is 0 Å². The fourth-order valence-electron chi connectivity index (χ4n) is 1.31. The molecule has 0 amide bonds. The molecule has 0 aromatic carbocycles. The lowest BCUT2D eigenvalue weighted by Gasteiger charge is -2.05. The van der Waals surface area contributed by atoms with Crippen LogP contribution < -0.4 is 11.1 Å². The van der Waals surface area contributed by atoms with Gasteiger partial charge in [-0.25, -0.2) is 9.97 Å². The molecule has 3 N–H and O–H groups in total. The number of aromatic nitrogens is 2. The number of hydrogen-bond acceptors (Lipinski definition) is 5. The van der Waals surface area contributed by atoms with Gasteiger partial charge < -0.3 is 11.1 Å². The van der Waals surface area contributed by atoms with Crippen LogP contribution in [0.5, 0.6) is 0 Å². The molecular weight excluding hydrogens is 252 g/mol. The molecule has 2 aromatic heterocycles. The number of rotatable bonds is 4. The second-order valence-corrected chi connectivity index (χ2v) is 4.89. The van der Waals surface area contributed by atoms with Crippen molar-refractivity contribution in [3.8, 4) is 0 Å². The molecule has 0 aliphatic rings. The molecule has 17 heavy (non-hydrogen) atoms. The molecule has 0 unspecified atom stereocenters. The normalized spacial score (nSPS) is 10.2. The number of thiazole rings is 1. The van der Waals surface area contributed by atoms with E-state index in [4.69, 9.17) is 18.0 Å². The van der Waals surface area contributed by atoms with Crippen LogP contribution in [0, 0.1) is 6.92 Å². The summed E-state index contributed by atoms with van der Waals surface area (Å²) in [4.78, 5) is 10.0. The fraction of sp³-hybridized carbons (Fsp3) is 0.182. The van der Waals surface area contributed by atoms with E-state index in [1.54, 1.807) is 17.5 Å². The molecule has 0 radical (unpaired) electrons. The highest BCUT2D eigenvalue weighted by atomic mass is 32.1. The van der Waals surface area contributed by atoms with Crippen LogP contribution in [0.15, 0.2) is 23.8 Å². The highest BCUT2D eigenvalue weighted by molar-refractivity contribution is 7.80. The minimum atomic E-state index is 0.363. The van der Waals surface area contributed by atoms with Crippen LogP contribution >= 0.6 is 23.6 Å². The summed E-state index contributed by atoms with van der Waals surface area (Å²) in [5, 5.41) is 3.23. The summed E-state index contributed by atoms with van der Waals surface area (Å²) in [7, 11) is 0. The van der Waals surface area contributed by atoms with Gasteiger partial charge in [0.25, 0.3) is 0 Å². The maximum Gasteiger partial charge on any atom is 0.126 e. The lowest BCUT2D eigenvalue weighted by molar-refractivity contribution is 1.10. The van der Waals surface area contributed by atoms with Crippen molar-refractivity contribution in [1.82, 2.24) is 9.97 Å². The Bertz CT molecular complexity index is 519. The zero-order chi connectivity index (χ0) is 12.3. The average Bonchev–Trinajstić information content (AvgIpc) is 2.73. The number of hydrogen-bond donors (Lipinski definition) is 2. The summed E-state index contributed by atoms with van der Waals surface area (Å²) in [6.07, 6.45) is 1.67. The minimum Gasteiger partial charge on any atom is -0.389 e. The van der Waals surface area contributed by atoms with Gasteiger partial charge >= 0.3 is 0 Å². The van der Waals surface area contributed by atoms with E-state index in [0.717, 1.165) is 23.6 Å². The Labute approximate surface area is 109 Å². The third kappa shape index (κ3) is 2.98. The SMILES string of the molecule is Cc1ncsc1CNc1ccc(C(N)=S)cn1. The van der Waals surface area contributed by atoms with Crippen molar-refractivity contribution in [3.63, 3.8) is 0 Å². The lowest BCUT2D eigenvalue weighted by atomic mass is 10.3.